The Hall–Kier alpha value is -0.540. The number of benzene rings is 1. The molecular formula is C13H20BrNO. The van der Waals surface area contributed by atoms with Gasteiger partial charge in [0.15, 0.2) is 0 Å². The molecule has 16 heavy (non-hydrogen) atoms. The first kappa shape index (κ1) is 13.5. The summed E-state index contributed by atoms with van der Waals surface area (Å²) in [4.78, 5) is 0. The van der Waals surface area contributed by atoms with E-state index in [0.29, 0.717) is 6.04 Å². The van der Waals surface area contributed by atoms with E-state index in [4.69, 9.17) is 4.74 Å². The summed E-state index contributed by atoms with van der Waals surface area (Å²) in [5, 5.41) is 3.42. The highest BCUT2D eigenvalue weighted by Crippen LogP contribution is 2.25. The Balaban J connectivity index is 2.40. The van der Waals surface area contributed by atoms with Crippen molar-refractivity contribution in [3.8, 4) is 5.75 Å². The van der Waals surface area contributed by atoms with Gasteiger partial charge in [-0.3, -0.25) is 0 Å². The second-order valence-electron chi connectivity index (χ2n) is 4.18. The van der Waals surface area contributed by atoms with Crippen molar-refractivity contribution in [3.05, 3.63) is 28.2 Å². The van der Waals surface area contributed by atoms with E-state index in [9.17, 15) is 0 Å². The lowest BCUT2D eigenvalue weighted by molar-refractivity contribution is 0.412. The molecule has 1 aromatic carbocycles. The highest BCUT2D eigenvalue weighted by atomic mass is 79.9. The molecule has 0 aliphatic rings. The zero-order valence-electron chi connectivity index (χ0n) is 10.2. The molecule has 0 spiro atoms. The second-order valence-corrected chi connectivity index (χ2v) is 5.04. The van der Waals surface area contributed by atoms with Crippen LogP contribution >= 0.6 is 15.9 Å². The molecule has 0 amide bonds. The Morgan fingerprint density at radius 3 is 2.69 bits per heavy atom. The van der Waals surface area contributed by atoms with Gasteiger partial charge in [-0.05, 0) is 53.0 Å². The van der Waals surface area contributed by atoms with Gasteiger partial charge >= 0.3 is 0 Å². The summed E-state index contributed by atoms with van der Waals surface area (Å²) in [5.74, 6) is 0.893. The number of hydrogen-bond donors (Lipinski definition) is 1. The molecule has 1 N–H and O–H groups in total. The molecule has 0 aromatic heterocycles. The molecular weight excluding hydrogens is 266 g/mol. The maximum Gasteiger partial charge on any atom is 0.133 e. The molecule has 0 saturated heterocycles. The van der Waals surface area contributed by atoms with E-state index in [0.717, 1.165) is 29.6 Å². The topological polar surface area (TPSA) is 21.3 Å². The van der Waals surface area contributed by atoms with Gasteiger partial charge in [0.2, 0.25) is 0 Å². The maximum atomic E-state index is 5.20. The highest BCUT2D eigenvalue weighted by Gasteiger charge is 2.01. The normalized spacial score (nSPS) is 10.8. The van der Waals surface area contributed by atoms with Gasteiger partial charge in [0.1, 0.15) is 5.75 Å². The van der Waals surface area contributed by atoms with Crippen LogP contribution in [0.3, 0.4) is 0 Å². The van der Waals surface area contributed by atoms with Crippen molar-refractivity contribution in [3.63, 3.8) is 0 Å². The number of rotatable bonds is 6. The fourth-order valence-electron chi connectivity index (χ4n) is 1.55. The van der Waals surface area contributed by atoms with Gasteiger partial charge in [-0.15, -0.1) is 0 Å². The van der Waals surface area contributed by atoms with Crippen LogP contribution in [0, 0.1) is 0 Å². The van der Waals surface area contributed by atoms with Crippen molar-refractivity contribution in [1.29, 1.82) is 0 Å². The molecule has 2 nitrogen and oxygen atoms in total. The van der Waals surface area contributed by atoms with Crippen molar-refractivity contribution in [2.75, 3.05) is 13.7 Å². The Morgan fingerprint density at radius 2 is 2.12 bits per heavy atom. The predicted octanol–water partition coefficient (Wildman–Crippen LogP) is 3.39. The molecule has 0 bridgehead atoms. The molecule has 0 aliphatic carbocycles. The van der Waals surface area contributed by atoms with E-state index in [2.05, 4.69) is 47.2 Å². The van der Waals surface area contributed by atoms with Crippen LogP contribution < -0.4 is 10.1 Å². The number of methoxy groups -OCH3 is 1. The number of hydrogen-bond acceptors (Lipinski definition) is 2. The lowest BCUT2D eigenvalue weighted by Crippen LogP contribution is -2.23. The summed E-state index contributed by atoms with van der Waals surface area (Å²) in [6, 6.07) is 6.84. The van der Waals surface area contributed by atoms with Crippen LogP contribution in [0.2, 0.25) is 0 Å². The Morgan fingerprint density at radius 1 is 1.38 bits per heavy atom. The van der Waals surface area contributed by atoms with E-state index < -0.39 is 0 Å². The highest BCUT2D eigenvalue weighted by molar-refractivity contribution is 9.10. The molecule has 0 fully saturated rings. The fraction of sp³-hybridized carbons (Fsp3) is 0.538. The zero-order valence-corrected chi connectivity index (χ0v) is 11.8. The molecule has 0 radical (unpaired) electrons. The summed E-state index contributed by atoms with van der Waals surface area (Å²) < 4.78 is 6.23. The summed E-state index contributed by atoms with van der Waals surface area (Å²) in [6.07, 6.45) is 2.26. The Labute approximate surface area is 107 Å². The standard InChI is InChI=1S/C13H20BrNO/c1-10(2)15-8-4-5-11-6-7-13(16-3)12(14)9-11/h6-7,9-10,15H,4-5,8H2,1-3H3. The molecule has 0 aliphatic heterocycles. The molecule has 0 atom stereocenters. The van der Waals surface area contributed by atoms with Gasteiger partial charge in [-0.2, -0.15) is 0 Å². The molecule has 0 unspecified atom stereocenters. The van der Waals surface area contributed by atoms with Crippen LogP contribution in [0.5, 0.6) is 5.75 Å². The van der Waals surface area contributed by atoms with E-state index in [1.54, 1.807) is 7.11 Å². The molecule has 0 heterocycles. The van der Waals surface area contributed by atoms with Crippen LogP contribution in [0.25, 0.3) is 0 Å². The van der Waals surface area contributed by atoms with Gasteiger partial charge in [-0.1, -0.05) is 19.9 Å². The minimum atomic E-state index is 0.572. The smallest absolute Gasteiger partial charge is 0.133 e. The van der Waals surface area contributed by atoms with Gasteiger partial charge < -0.3 is 10.1 Å². The SMILES string of the molecule is COc1ccc(CCCNC(C)C)cc1Br. The van der Waals surface area contributed by atoms with Gasteiger partial charge in [-0.25, -0.2) is 0 Å². The second kappa shape index (κ2) is 6.92. The maximum absolute atomic E-state index is 5.20. The van der Waals surface area contributed by atoms with E-state index in [1.807, 2.05) is 6.07 Å². The first-order valence-electron chi connectivity index (χ1n) is 5.69. The first-order valence-corrected chi connectivity index (χ1v) is 6.48. The lowest BCUT2D eigenvalue weighted by atomic mass is 10.1. The van der Waals surface area contributed by atoms with E-state index in [1.165, 1.54) is 5.56 Å². The summed E-state index contributed by atoms with van der Waals surface area (Å²) >= 11 is 3.50. The van der Waals surface area contributed by atoms with E-state index >= 15 is 0 Å². The van der Waals surface area contributed by atoms with Crippen molar-refractivity contribution >= 4 is 15.9 Å². The molecule has 90 valence electrons. The minimum Gasteiger partial charge on any atom is -0.496 e. The number of halogens is 1. The third-order valence-electron chi connectivity index (χ3n) is 2.41. The quantitative estimate of drug-likeness (QED) is 0.809. The summed E-state index contributed by atoms with van der Waals surface area (Å²) in [5.41, 5.74) is 1.35. The number of ether oxygens (including phenoxy) is 1. The van der Waals surface area contributed by atoms with Gasteiger partial charge in [0, 0.05) is 6.04 Å². The summed E-state index contributed by atoms with van der Waals surface area (Å²) in [6.45, 7) is 5.41. The van der Waals surface area contributed by atoms with Crippen LogP contribution in [-0.4, -0.2) is 19.7 Å². The molecule has 0 saturated carbocycles. The van der Waals surface area contributed by atoms with Crippen molar-refractivity contribution < 1.29 is 4.74 Å². The van der Waals surface area contributed by atoms with Crippen LogP contribution in [-0.2, 0) is 6.42 Å². The van der Waals surface area contributed by atoms with E-state index in [-0.39, 0.29) is 0 Å². The first-order chi connectivity index (χ1) is 7.63. The van der Waals surface area contributed by atoms with Gasteiger partial charge in [0.25, 0.3) is 0 Å². The lowest BCUT2D eigenvalue weighted by Gasteiger charge is -2.09. The predicted molar refractivity (Wildman–Crippen MR) is 72.2 cm³/mol. The zero-order chi connectivity index (χ0) is 12.0. The Bertz CT molecular complexity index is 326. The van der Waals surface area contributed by atoms with Crippen molar-refractivity contribution in [2.45, 2.75) is 32.7 Å². The molecule has 3 heteroatoms. The van der Waals surface area contributed by atoms with Gasteiger partial charge in [0.05, 0.1) is 11.6 Å². The van der Waals surface area contributed by atoms with Crippen LogP contribution in [0.1, 0.15) is 25.8 Å². The van der Waals surface area contributed by atoms with Crippen LogP contribution in [0.15, 0.2) is 22.7 Å². The van der Waals surface area contributed by atoms with Crippen molar-refractivity contribution in [1.82, 2.24) is 5.32 Å². The monoisotopic (exact) mass is 285 g/mol. The molecule has 1 aromatic rings. The summed E-state index contributed by atoms with van der Waals surface area (Å²) in [7, 11) is 1.69. The molecule has 1 rings (SSSR count). The third kappa shape index (κ3) is 4.54. The average molecular weight is 286 g/mol. The minimum absolute atomic E-state index is 0.572. The fourth-order valence-corrected chi connectivity index (χ4v) is 2.14. The third-order valence-corrected chi connectivity index (χ3v) is 3.03. The number of nitrogens with one attached hydrogen (secondary N) is 1. The Kier molecular flexibility index (Phi) is 5.85. The van der Waals surface area contributed by atoms with Crippen LogP contribution in [0.4, 0.5) is 0 Å². The average Bonchev–Trinajstić information content (AvgIpc) is 2.24. The van der Waals surface area contributed by atoms with Crippen molar-refractivity contribution in [2.24, 2.45) is 0 Å². The number of aryl methyl sites for hydroxylation is 1. The largest absolute Gasteiger partial charge is 0.496 e.